The second kappa shape index (κ2) is 11.5. The molecule has 2 aromatic rings. The molecule has 0 aliphatic carbocycles. The summed E-state index contributed by atoms with van der Waals surface area (Å²) in [4.78, 5) is 28.9. The molecular formula is C19H24F3N7O5S. The number of anilines is 1. The van der Waals surface area contributed by atoms with E-state index in [9.17, 15) is 31.6 Å². The third-order valence-corrected chi connectivity index (χ3v) is 7.10. The first-order valence-electron chi connectivity index (χ1n) is 10.5. The van der Waals surface area contributed by atoms with Gasteiger partial charge in [-0.15, -0.1) is 0 Å². The zero-order valence-corrected chi connectivity index (χ0v) is 19.3. The summed E-state index contributed by atoms with van der Waals surface area (Å²) in [7, 11) is -3.84. The third kappa shape index (κ3) is 7.97. The van der Waals surface area contributed by atoms with Gasteiger partial charge in [0, 0.05) is 45.0 Å². The Morgan fingerprint density at radius 3 is 2.31 bits per heavy atom. The van der Waals surface area contributed by atoms with Crippen LogP contribution in [0.1, 0.15) is 12.2 Å². The summed E-state index contributed by atoms with van der Waals surface area (Å²) in [6.45, 7) is -0.791. The van der Waals surface area contributed by atoms with Crippen molar-refractivity contribution < 1.29 is 36.3 Å². The van der Waals surface area contributed by atoms with Gasteiger partial charge in [0.05, 0.1) is 24.2 Å². The van der Waals surface area contributed by atoms with Gasteiger partial charge in [-0.2, -0.15) is 17.5 Å². The summed E-state index contributed by atoms with van der Waals surface area (Å²) in [6, 6.07) is 0.641. The van der Waals surface area contributed by atoms with E-state index in [1.807, 2.05) is 0 Å². The molecule has 16 heteroatoms. The molecule has 0 bridgehead atoms. The zero-order chi connectivity index (χ0) is 25.5. The predicted molar refractivity (Wildman–Crippen MR) is 115 cm³/mol. The molecule has 1 saturated heterocycles. The van der Waals surface area contributed by atoms with Crippen LogP contribution < -0.4 is 9.64 Å². The van der Waals surface area contributed by atoms with Crippen molar-refractivity contribution >= 4 is 22.4 Å². The number of carbonyl (C=O) groups is 1. The van der Waals surface area contributed by atoms with Crippen LogP contribution in [0.4, 0.5) is 19.1 Å². The average molecular weight is 520 g/mol. The summed E-state index contributed by atoms with van der Waals surface area (Å²) < 4.78 is 68.4. The van der Waals surface area contributed by atoms with Gasteiger partial charge in [0.1, 0.15) is 5.82 Å². The number of aryl methyl sites for hydroxylation is 1. The lowest BCUT2D eigenvalue weighted by molar-refractivity contribution is -0.158. The second-order valence-corrected chi connectivity index (χ2v) is 9.64. The lowest BCUT2D eigenvalue weighted by atomic mass is 10.2. The highest BCUT2D eigenvalue weighted by Gasteiger charge is 2.32. The number of piperazine rings is 1. The van der Waals surface area contributed by atoms with Crippen molar-refractivity contribution in [1.29, 1.82) is 0 Å². The molecule has 0 saturated carbocycles. The van der Waals surface area contributed by atoms with Gasteiger partial charge in [-0.1, -0.05) is 0 Å². The zero-order valence-electron chi connectivity index (χ0n) is 18.5. The molecule has 0 aromatic carbocycles. The van der Waals surface area contributed by atoms with Crippen LogP contribution >= 0.6 is 0 Å². The molecule has 12 nitrogen and oxygen atoms in total. The van der Waals surface area contributed by atoms with Crippen LogP contribution in [0.3, 0.4) is 0 Å². The molecule has 0 radical (unpaired) electrons. The molecule has 0 spiro atoms. The number of amides is 1. The summed E-state index contributed by atoms with van der Waals surface area (Å²) in [5.41, 5.74) is 0. The molecule has 3 rings (SSSR count). The highest BCUT2D eigenvalue weighted by molar-refractivity contribution is 7.89. The number of ether oxygens (including phenoxy) is 1. The standard InChI is InChI=1S/C19H24F3N7O5S/c20-19(21,22)13-34-16-10-25-18(26-11-16)27-6-8-28(9-7-27)35(32,33)12-15(29(31)14-30)2-3-17-23-4-1-5-24-17/h1,4-5,10-11,14-15,31H,2-3,6-9,12-13H2. The van der Waals surface area contributed by atoms with Gasteiger partial charge in [-0.05, 0) is 12.5 Å². The van der Waals surface area contributed by atoms with Crippen LogP contribution in [0.15, 0.2) is 30.9 Å². The maximum atomic E-state index is 13.0. The topological polar surface area (TPSA) is 142 Å². The monoisotopic (exact) mass is 519 g/mol. The van der Waals surface area contributed by atoms with E-state index in [0.717, 1.165) is 12.4 Å². The molecular weight excluding hydrogens is 495 g/mol. The number of aromatic nitrogens is 4. The van der Waals surface area contributed by atoms with Gasteiger partial charge in [-0.3, -0.25) is 10.0 Å². The fourth-order valence-electron chi connectivity index (χ4n) is 3.36. The summed E-state index contributed by atoms with van der Waals surface area (Å²) in [6.07, 6.45) is 1.39. The van der Waals surface area contributed by atoms with Crippen LogP contribution in [-0.4, -0.2) is 100 Å². The number of rotatable bonds is 11. The van der Waals surface area contributed by atoms with E-state index < -0.39 is 34.6 Å². The average Bonchev–Trinajstić information content (AvgIpc) is 2.85. The fraction of sp³-hybridized carbons (Fsp3) is 0.526. The van der Waals surface area contributed by atoms with Gasteiger partial charge in [0.15, 0.2) is 12.4 Å². The number of hydroxylamine groups is 2. The minimum atomic E-state index is -4.48. The van der Waals surface area contributed by atoms with E-state index >= 15 is 0 Å². The Labute approximate surface area is 199 Å². The number of alkyl halides is 3. The maximum absolute atomic E-state index is 13.0. The molecule has 1 atom stereocenters. The highest BCUT2D eigenvalue weighted by atomic mass is 32.2. The van der Waals surface area contributed by atoms with Crippen molar-refractivity contribution in [2.45, 2.75) is 25.1 Å². The first kappa shape index (κ1) is 26.5. The quantitative estimate of drug-likeness (QED) is 0.253. The predicted octanol–water partition coefficient (Wildman–Crippen LogP) is 0.508. The molecule has 1 amide bonds. The van der Waals surface area contributed by atoms with E-state index in [0.29, 0.717) is 10.9 Å². The smallest absolute Gasteiger partial charge is 0.422 e. The number of hydrogen-bond donors (Lipinski definition) is 1. The number of carbonyl (C=O) groups excluding carboxylic acids is 1. The van der Waals surface area contributed by atoms with E-state index in [1.165, 1.54) is 16.7 Å². The van der Waals surface area contributed by atoms with Crippen LogP contribution in [0.2, 0.25) is 0 Å². The minimum absolute atomic E-state index is 0.0963. The normalized spacial score (nSPS) is 16.1. The molecule has 1 fully saturated rings. The Balaban J connectivity index is 1.55. The van der Waals surface area contributed by atoms with Gasteiger partial charge in [0.25, 0.3) is 0 Å². The molecule has 1 unspecified atom stereocenters. The Morgan fingerprint density at radius 2 is 1.74 bits per heavy atom. The van der Waals surface area contributed by atoms with Crippen molar-refractivity contribution in [2.75, 3.05) is 43.4 Å². The van der Waals surface area contributed by atoms with Crippen molar-refractivity contribution in [3.63, 3.8) is 0 Å². The molecule has 1 aliphatic rings. The minimum Gasteiger partial charge on any atom is -0.481 e. The molecule has 2 aromatic heterocycles. The van der Waals surface area contributed by atoms with Crippen LogP contribution in [-0.2, 0) is 21.2 Å². The van der Waals surface area contributed by atoms with E-state index in [-0.39, 0.29) is 57.1 Å². The van der Waals surface area contributed by atoms with Gasteiger partial charge < -0.3 is 9.64 Å². The van der Waals surface area contributed by atoms with Crippen LogP contribution in [0.5, 0.6) is 5.75 Å². The maximum Gasteiger partial charge on any atom is 0.422 e. The Bertz CT molecular complexity index is 1050. The lowest BCUT2D eigenvalue weighted by Gasteiger charge is -2.35. The first-order valence-corrected chi connectivity index (χ1v) is 12.1. The third-order valence-electron chi connectivity index (χ3n) is 5.14. The van der Waals surface area contributed by atoms with E-state index in [2.05, 4.69) is 24.7 Å². The summed E-state index contributed by atoms with van der Waals surface area (Å²) >= 11 is 0. The fourth-order valence-corrected chi connectivity index (χ4v) is 5.10. The molecule has 1 aliphatic heterocycles. The van der Waals surface area contributed by atoms with E-state index in [1.54, 1.807) is 11.0 Å². The van der Waals surface area contributed by atoms with Gasteiger partial charge in [0.2, 0.25) is 22.4 Å². The molecule has 1 N–H and O–H groups in total. The SMILES string of the molecule is O=CN(O)C(CCc1ncccn1)CS(=O)(=O)N1CCN(c2ncc(OCC(F)(F)F)cn2)CC1. The Morgan fingerprint density at radius 1 is 1.11 bits per heavy atom. The Kier molecular flexibility index (Phi) is 8.74. The van der Waals surface area contributed by atoms with E-state index in [4.69, 9.17) is 0 Å². The van der Waals surface area contributed by atoms with Crippen molar-refractivity contribution in [3.05, 3.63) is 36.7 Å². The number of halogens is 3. The highest BCUT2D eigenvalue weighted by Crippen LogP contribution is 2.20. The van der Waals surface area contributed by atoms with Crippen LogP contribution in [0.25, 0.3) is 0 Å². The lowest BCUT2D eigenvalue weighted by Crippen LogP contribution is -2.51. The number of nitrogens with zero attached hydrogens (tertiary/aromatic N) is 7. The van der Waals surface area contributed by atoms with Crippen LogP contribution in [0, 0.1) is 0 Å². The number of hydrogen-bond acceptors (Lipinski definition) is 10. The van der Waals surface area contributed by atoms with Crippen molar-refractivity contribution in [1.82, 2.24) is 29.3 Å². The first-order chi connectivity index (χ1) is 16.6. The Hall–Kier alpha value is -3.11. The van der Waals surface area contributed by atoms with Gasteiger partial charge in [-0.25, -0.2) is 33.4 Å². The largest absolute Gasteiger partial charge is 0.481 e. The second-order valence-electron chi connectivity index (χ2n) is 7.63. The summed E-state index contributed by atoms with van der Waals surface area (Å²) in [5.74, 6) is 0.0572. The van der Waals surface area contributed by atoms with Crippen molar-refractivity contribution in [2.24, 2.45) is 0 Å². The number of sulfonamides is 1. The molecule has 192 valence electrons. The van der Waals surface area contributed by atoms with Gasteiger partial charge >= 0.3 is 6.18 Å². The molecule has 35 heavy (non-hydrogen) atoms. The summed E-state index contributed by atoms with van der Waals surface area (Å²) in [5, 5.41) is 10.2. The molecule has 3 heterocycles. The van der Waals surface area contributed by atoms with Crippen molar-refractivity contribution in [3.8, 4) is 5.75 Å².